The Morgan fingerprint density at radius 2 is 1.61 bits per heavy atom. The molecule has 146 valence electrons. The molecule has 0 saturated heterocycles. The van der Waals surface area contributed by atoms with Gasteiger partial charge in [0.05, 0.1) is 0 Å². The van der Waals surface area contributed by atoms with Crippen LogP contribution in [0.25, 0.3) is 11.1 Å². The van der Waals surface area contributed by atoms with E-state index in [0.717, 1.165) is 11.1 Å². The highest BCUT2D eigenvalue weighted by Crippen LogP contribution is 2.37. The molecule has 0 aliphatic carbocycles. The minimum Gasteiger partial charge on any atom is -0.347 e. The van der Waals surface area contributed by atoms with E-state index in [0.29, 0.717) is 11.3 Å². The number of alkyl halides is 3. The molecule has 0 saturated carbocycles. The molecule has 0 unspecified atom stereocenters. The monoisotopic (exact) mass is 391 g/mol. The standard InChI is InChI=1S/C19H16F3N3O3/c20-19(21,22)10-23-15(26)9-16(27)25-17-13-7-2-1-5-11(13)12-6-3-4-8-14(12)24-18(17)28/h1-8,17H,9-10H2,(H,23,26)(H,24,28)(H,25,27)/t17-/m0/s1. The molecule has 1 aliphatic heterocycles. The van der Waals surface area contributed by atoms with Crippen LogP contribution in [-0.4, -0.2) is 30.4 Å². The van der Waals surface area contributed by atoms with Crippen LogP contribution in [0.3, 0.4) is 0 Å². The number of carbonyl (C=O) groups is 3. The van der Waals surface area contributed by atoms with Crippen LogP contribution >= 0.6 is 0 Å². The lowest BCUT2D eigenvalue weighted by Crippen LogP contribution is -2.40. The van der Waals surface area contributed by atoms with Crippen molar-refractivity contribution in [2.24, 2.45) is 0 Å². The summed E-state index contributed by atoms with van der Waals surface area (Å²) >= 11 is 0. The van der Waals surface area contributed by atoms with E-state index >= 15 is 0 Å². The summed E-state index contributed by atoms with van der Waals surface area (Å²) < 4.78 is 36.4. The van der Waals surface area contributed by atoms with Gasteiger partial charge in [0.25, 0.3) is 5.91 Å². The van der Waals surface area contributed by atoms with E-state index in [-0.39, 0.29) is 0 Å². The summed E-state index contributed by atoms with van der Waals surface area (Å²) in [6, 6.07) is 13.0. The maximum absolute atomic E-state index is 12.6. The smallest absolute Gasteiger partial charge is 0.347 e. The van der Waals surface area contributed by atoms with Crippen LogP contribution in [0, 0.1) is 0 Å². The van der Waals surface area contributed by atoms with Gasteiger partial charge in [-0.15, -0.1) is 0 Å². The number of para-hydroxylation sites is 1. The summed E-state index contributed by atoms with van der Waals surface area (Å²) in [6.07, 6.45) is -5.40. The van der Waals surface area contributed by atoms with Gasteiger partial charge in [0.15, 0.2) is 0 Å². The SMILES string of the molecule is O=C(CC(=O)N[C@@H]1C(=O)Nc2ccccc2-c2ccccc21)NCC(F)(F)F. The molecule has 0 bridgehead atoms. The zero-order valence-electron chi connectivity index (χ0n) is 14.5. The average Bonchev–Trinajstić information content (AvgIpc) is 2.75. The zero-order valence-corrected chi connectivity index (χ0v) is 14.5. The molecular weight excluding hydrogens is 375 g/mol. The topological polar surface area (TPSA) is 87.3 Å². The van der Waals surface area contributed by atoms with Crippen molar-refractivity contribution >= 4 is 23.4 Å². The minimum atomic E-state index is -4.57. The van der Waals surface area contributed by atoms with Crippen LogP contribution in [0.4, 0.5) is 18.9 Å². The number of carbonyl (C=O) groups excluding carboxylic acids is 3. The minimum absolute atomic E-state index is 0.513. The summed E-state index contributed by atoms with van der Waals surface area (Å²) in [4.78, 5) is 36.3. The van der Waals surface area contributed by atoms with Gasteiger partial charge in [-0.1, -0.05) is 42.5 Å². The Kier molecular flexibility index (Phi) is 5.34. The number of fused-ring (bicyclic) bond motifs is 3. The van der Waals surface area contributed by atoms with Gasteiger partial charge in [0.1, 0.15) is 19.0 Å². The zero-order chi connectivity index (χ0) is 20.3. The maximum Gasteiger partial charge on any atom is 0.405 e. The molecule has 6 nitrogen and oxygen atoms in total. The fourth-order valence-corrected chi connectivity index (χ4v) is 2.93. The lowest BCUT2D eigenvalue weighted by Gasteiger charge is -2.18. The van der Waals surface area contributed by atoms with Gasteiger partial charge in [0, 0.05) is 11.3 Å². The molecule has 1 atom stereocenters. The Bertz CT molecular complexity index is 928. The van der Waals surface area contributed by atoms with Crippen LogP contribution < -0.4 is 16.0 Å². The van der Waals surface area contributed by atoms with Gasteiger partial charge in [-0.3, -0.25) is 14.4 Å². The Hall–Kier alpha value is -3.36. The van der Waals surface area contributed by atoms with E-state index in [4.69, 9.17) is 0 Å². The van der Waals surface area contributed by atoms with Gasteiger partial charge in [-0.05, 0) is 17.2 Å². The molecule has 2 aromatic carbocycles. The second kappa shape index (κ2) is 7.71. The summed E-state index contributed by atoms with van der Waals surface area (Å²) in [5.41, 5.74) is 2.59. The Morgan fingerprint density at radius 1 is 0.964 bits per heavy atom. The molecule has 28 heavy (non-hydrogen) atoms. The highest BCUT2D eigenvalue weighted by Gasteiger charge is 2.31. The van der Waals surface area contributed by atoms with Crippen LogP contribution in [0.15, 0.2) is 48.5 Å². The number of nitrogens with one attached hydrogen (secondary N) is 3. The number of anilines is 1. The van der Waals surface area contributed by atoms with Gasteiger partial charge in [-0.25, -0.2) is 0 Å². The molecule has 3 N–H and O–H groups in total. The first-order chi connectivity index (χ1) is 13.2. The van der Waals surface area contributed by atoms with E-state index in [2.05, 4.69) is 10.6 Å². The van der Waals surface area contributed by atoms with E-state index in [9.17, 15) is 27.6 Å². The van der Waals surface area contributed by atoms with Crippen molar-refractivity contribution < 1.29 is 27.6 Å². The molecule has 9 heteroatoms. The van der Waals surface area contributed by atoms with Crippen molar-refractivity contribution in [1.82, 2.24) is 10.6 Å². The Labute approximate surface area is 158 Å². The van der Waals surface area contributed by atoms with Gasteiger partial charge < -0.3 is 16.0 Å². The second-order valence-corrected chi connectivity index (χ2v) is 6.19. The molecule has 1 heterocycles. The third kappa shape index (κ3) is 4.48. The highest BCUT2D eigenvalue weighted by molar-refractivity contribution is 6.06. The quantitative estimate of drug-likeness (QED) is 0.700. The van der Waals surface area contributed by atoms with E-state index in [1.807, 2.05) is 12.1 Å². The summed E-state index contributed by atoms with van der Waals surface area (Å²) in [6.45, 7) is -1.53. The van der Waals surface area contributed by atoms with Crippen LogP contribution in [-0.2, 0) is 14.4 Å². The van der Waals surface area contributed by atoms with Gasteiger partial charge in [0.2, 0.25) is 11.8 Å². The number of benzene rings is 2. The summed E-state index contributed by atoms with van der Waals surface area (Å²) in [7, 11) is 0. The van der Waals surface area contributed by atoms with Gasteiger partial charge in [-0.2, -0.15) is 13.2 Å². The second-order valence-electron chi connectivity index (χ2n) is 6.19. The van der Waals surface area contributed by atoms with Crippen molar-refractivity contribution in [2.45, 2.75) is 18.6 Å². The number of halogens is 3. The molecule has 0 fully saturated rings. The Balaban J connectivity index is 1.78. The third-order valence-corrected chi connectivity index (χ3v) is 4.12. The fourth-order valence-electron chi connectivity index (χ4n) is 2.93. The first kappa shape index (κ1) is 19.4. The van der Waals surface area contributed by atoms with E-state index in [1.165, 1.54) is 0 Å². The van der Waals surface area contributed by atoms with Crippen molar-refractivity contribution in [2.75, 3.05) is 11.9 Å². The van der Waals surface area contributed by atoms with Crippen molar-refractivity contribution in [1.29, 1.82) is 0 Å². The molecular formula is C19H16F3N3O3. The summed E-state index contributed by atoms with van der Waals surface area (Å²) in [5, 5.41) is 6.78. The van der Waals surface area contributed by atoms with Crippen molar-refractivity contribution in [3.63, 3.8) is 0 Å². The fraction of sp³-hybridized carbons (Fsp3) is 0.211. The van der Waals surface area contributed by atoms with Crippen LogP contribution in [0.2, 0.25) is 0 Å². The first-order valence-corrected chi connectivity index (χ1v) is 8.36. The molecule has 0 aromatic heterocycles. The number of amides is 3. The molecule has 1 aliphatic rings. The van der Waals surface area contributed by atoms with Crippen molar-refractivity contribution in [3.8, 4) is 11.1 Å². The lowest BCUT2D eigenvalue weighted by atomic mass is 9.95. The molecule has 3 amide bonds. The molecule has 3 rings (SSSR count). The largest absolute Gasteiger partial charge is 0.405 e. The predicted octanol–water partition coefficient (Wildman–Crippen LogP) is 2.53. The average molecular weight is 391 g/mol. The Morgan fingerprint density at radius 3 is 2.32 bits per heavy atom. The molecule has 0 spiro atoms. The highest BCUT2D eigenvalue weighted by atomic mass is 19.4. The summed E-state index contributed by atoms with van der Waals surface area (Å²) in [5.74, 6) is -2.46. The normalized spacial score (nSPS) is 15.5. The number of hydrogen-bond donors (Lipinski definition) is 3. The number of rotatable bonds is 4. The molecule has 2 aromatic rings. The predicted molar refractivity (Wildman–Crippen MR) is 95.1 cm³/mol. The van der Waals surface area contributed by atoms with Crippen LogP contribution in [0.1, 0.15) is 18.0 Å². The van der Waals surface area contributed by atoms with Gasteiger partial charge >= 0.3 is 6.18 Å². The first-order valence-electron chi connectivity index (χ1n) is 8.36. The van der Waals surface area contributed by atoms with Crippen molar-refractivity contribution in [3.05, 3.63) is 54.1 Å². The van der Waals surface area contributed by atoms with Crippen LogP contribution in [0.5, 0.6) is 0 Å². The molecule has 0 radical (unpaired) electrons. The van der Waals surface area contributed by atoms with E-state index < -0.39 is 42.9 Å². The number of hydrogen-bond acceptors (Lipinski definition) is 3. The lowest BCUT2D eigenvalue weighted by molar-refractivity contribution is -0.141. The maximum atomic E-state index is 12.6. The van der Waals surface area contributed by atoms with E-state index in [1.54, 1.807) is 41.7 Å². The third-order valence-electron chi connectivity index (χ3n) is 4.12.